The van der Waals surface area contributed by atoms with E-state index in [1.54, 1.807) is 6.92 Å². The predicted molar refractivity (Wildman–Crippen MR) is 95.6 cm³/mol. The number of esters is 1. The molecule has 0 amide bonds. The number of hydrogen-bond acceptors (Lipinski definition) is 7. The summed E-state index contributed by atoms with van der Waals surface area (Å²) in [6, 6.07) is 5.31. The van der Waals surface area contributed by atoms with Crippen LogP contribution in [0.5, 0.6) is 0 Å². The molecule has 0 fully saturated rings. The lowest BCUT2D eigenvalue weighted by atomic mass is 9.79. The quantitative estimate of drug-likeness (QED) is 0.205. The van der Waals surface area contributed by atoms with Gasteiger partial charge in [-0.15, -0.1) is 0 Å². The average Bonchev–Trinajstić information content (AvgIpc) is 2.63. The first-order valence-corrected chi connectivity index (χ1v) is 11.0. The van der Waals surface area contributed by atoms with Crippen LogP contribution in [0.2, 0.25) is 0 Å². The number of benzene rings is 1. The van der Waals surface area contributed by atoms with Crippen molar-refractivity contribution in [3.63, 3.8) is 0 Å². The van der Waals surface area contributed by atoms with Crippen LogP contribution in [0.3, 0.4) is 0 Å². The zero-order valence-electron chi connectivity index (χ0n) is 15.4. The molecule has 1 aromatic carbocycles. The topological polar surface area (TPSA) is 116 Å². The second-order valence-corrected chi connectivity index (χ2v) is 8.51. The van der Waals surface area contributed by atoms with E-state index in [2.05, 4.69) is 8.91 Å². The molecule has 0 spiro atoms. The van der Waals surface area contributed by atoms with Crippen LogP contribution in [0, 0.1) is 0 Å². The molecule has 0 aromatic heterocycles. The van der Waals surface area contributed by atoms with Crippen molar-refractivity contribution >= 4 is 27.0 Å². The molecule has 1 aliphatic carbocycles. The smallest absolute Gasteiger partial charge is 0.462 e. The van der Waals surface area contributed by atoms with Gasteiger partial charge in [0.1, 0.15) is 5.83 Å². The van der Waals surface area contributed by atoms with Gasteiger partial charge < -0.3 is 8.92 Å². The lowest BCUT2D eigenvalue weighted by molar-refractivity contribution is -0.0526. The van der Waals surface area contributed by atoms with Crippen LogP contribution in [0.25, 0.3) is 0 Å². The van der Waals surface area contributed by atoms with Gasteiger partial charge in [0, 0.05) is 12.8 Å². The van der Waals surface area contributed by atoms with Gasteiger partial charge in [0.25, 0.3) is 0 Å². The highest BCUT2D eigenvalue weighted by Crippen LogP contribution is 2.42. The summed E-state index contributed by atoms with van der Waals surface area (Å²) in [5.41, 5.74) is -6.99. The first kappa shape index (κ1) is 24.1. The molecule has 0 radical (unpaired) electrons. The van der Waals surface area contributed by atoms with Crippen molar-refractivity contribution in [3.8, 4) is 0 Å². The standard InChI is InChI=1S/C16H17F4NO7S2/c1-2-27-14(22)10-3-5-11(6-4-10)15(21-29(23)24)8-7-13(12(17)9-15)28-30(25,26)16(18,19)20/h3-6,29H,2,7-9H2,1H3,(H,21,23,24). The molecule has 30 heavy (non-hydrogen) atoms. The number of allylic oxidation sites excluding steroid dienone is 1. The largest absolute Gasteiger partial charge is 0.534 e. The first-order valence-electron chi connectivity index (χ1n) is 8.39. The third kappa shape index (κ3) is 5.29. The summed E-state index contributed by atoms with van der Waals surface area (Å²) in [6.45, 7) is 1.73. The minimum Gasteiger partial charge on any atom is -0.462 e. The maximum absolute atomic E-state index is 14.5. The second kappa shape index (κ2) is 8.89. The number of halogens is 4. The Morgan fingerprint density at radius 2 is 1.83 bits per heavy atom. The van der Waals surface area contributed by atoms with E-state index in [0.717, 1.165) is 0 Å². The van der Waals surface area contributed by atoms with Crippen LogP contribution in [0.1, 0.15) is 42.1 Å². The van der Waals surface area contributed by atoms with E-state index in [4.69, 9.17) is 4.74 Å². The van der Waals surface area contributed by atoms with Crippen molar-refractivity contribution in [1.82, 2.24) is 4.72 Å². The number of ether oxygens (including phenoxy) is 1. The van der Waals surface area contributed by atoms with Crippen molar-refractivity contribution in [1.29, 1.82) is 0 Å². The number of hydrogen-bond donors (Lipinski definition) is 2. The maximum Gasteiger partial charge on any atom is 0.534 e. The number of carbonyl (C=O) groups is 1. The fraction of sp³-hybridized carbons (Fsp3) is 0.438. The summed E-state index contributed by atoms with van der Waals surface area (Å²) < 4.78 is 108. The minimum absolute atomic E-state index is 0.127. The highest BCUT2D eigenvalue weighted by Gasteiger charge is 2.50. The van der Waals surface area contributed by atoms with Gasteiger partial charge in [0.05, 0.1) is 17.7 Å². The monoisotopic (exact) mass is 475 g/mol. The molecule has 0 heterocycles. The van der Waals surface area contributed by atoms with Gasteiger partial charge in [0.2, 0.25) is 10.9 Å². The van der Waals surface area contributed by atoms with Crippen molar-refractivity contribution in [2.45, 2.75) is 37.2 Å². The lowest BCUT2D eigenvalue weighted by Gasteiger charge is -2.36. The predicted octanol–water partition coefficient (Wildman–Crippen LogP) is 2.41. The zero-order valence-corrected chi connectivity index (χ0v) is 17.1. The number of carbonyl (C=O) groups excluding carboxylic acids is 1. The summed E-state index contributed by atoms with van der Waals surface area (Å²) in [6.07, 6.45) is -1.72. The van der Waals surface area contributed by atoms with Crippen molar-refractivity contribution in [3.05, 3.63) is 47.0 Å². The highest BCUT2D eigenvalue weighted by molar-refractivity contribution is 7.87. The van der Waals surface area contributed by atoms with Gasteiger partial charge in [-0.3, -0.25) is 0 Å². The Morgan fingerprint density at radius 1 is 1.23 bits per heavy atom. The third-order valence-corrected chi connectivity index (χ3v) is 5.88. The molecule has 2 rings (SSSR count). The normalized spacial score (nSPS) is 20.3. The summed E-state index contributed by atoms with van der Waals surface area (Å²) >= 11 is 0. The van der Waals surface area contributed by atoms with E-state index >= 15 is 0 Å². The van der Waals surface area contributed by atoms with Gasteiger partial charge >= 0.3 is 21.6 Å². The van der Waals surface area contributed by atoms with Gasteiger partial charge in [-0.05, 0) is 31.0 Å². The molecule has 0 aliphatic heterocycles. The molecule has 1 atom stereocenters. The van der Waals surface area contributed by atoms with Gasteiger partial charge in [-0.25, -0.2) is 22.3 Å². The van der Waals surface area contributed by atoms with Gasteiger partial charge in [-0.2, -0.15) is 21.6 Å². The Kier molecular flexibility index (Phi) is 7.14. The van der Waals surface area contributed by atoms with Gasteiger partial charge in [0.15, 0.2) is 5.76 Å². The van der Waals surface area contributed by atoms with E-state index in [1.807, 2.05) is 0 Å². The molecule has 1 aliphatic rings. The van der Waals surface area contributed by atoms with E-state index in [9.17, 15) is 39.2 Å². The fourth-order valence-corrected chi connectivity index (χ4v) is 4.10. The SMILES string of the molecule is CCOC(=O)c1ccc(C2(N[SH](=O)=O)CCC(OS(=O)(=O)C(F)(F)F)=C(F)C2)cc1. The van der Waals surface area contributed by atoms with E-state index < -0.39 is 62.5 Å². The van der Waals surface area contributed by atoms with Crippen LogP contribution >= 0.6 is 0 Å². The van der Waals surface area contributed by atoms with E-state index in [0.29, 0.717) is 0 Å². The third-order valence-electron chi connectivity index (χ3n) is 4.29. The van der Waals surface area contributed by atoms with Crippen molar-refractivity contribution in [2.24, 2.45) is 0 Å². The van der Waals surface area contributed by atoms with Crippen molar-refractivity contribution in [2.75, 3.05) is 6.61 Å². The lowest BCUT2D eigenvalue weighted by Crippen LogP contribution is -2.44. The number of nitrogens with one attached hydrogen (secondary N) is 1. The Bertz CT molecular complexity index is 1010. The molecule has 1 unspecified atom stereocenters. The van der Waals surface area contributed by atoms with Crippen LogP contribution in [-0.2, 0) is 35.5 Å². The molecule has 14 heteroatoms. The average molecular weight is 475 g/mol. The molecule has 0 saturated carbocycles. The number of alkyl halides is 3. The van der Waals surface area contributed by atoms with Crippen molar-refractivity contribution < 1.29 is 48.1 Å². The number of rotatable bonds is 7. The first-order chi connectivity index (χ1) is 13.8. The van der Waals surface area contributed by atoms with E-state index in [-0.39, 0.29) is 24.2 Å². The van der Waals surface area contributed by atoms with Crippen LogP contribution in [0.4, 0.5) is 17.6 Å². The van der Waals surface area contributed by atoms with Crippen LogP contribution in [0.15, 0.2) is 35.9 Å². The zero-order chi connectivity index (χ0) is 22.7. The Morgan fingerprint density at radius 3 is 2.30 bits per heavy atom. The Labute approximate surface area is 171 Å². The molecule has 0 bridgehead atoms. The number of thiol groups is 1. The second-order valence-electron chi connectivity index (χ2n) is 6.24. The summed E-state index contributed by atoms with van der Waals surface area (Å²) in [5.74, 6) is -3.04. The van der Waals surface area contributed by atoms with Gasteiger partial charge in [-0.1, -0.05) is 12.1 Å². The molecular weight excluding hydrogens is 458 g/mol. The molecular formula is C16H17F4NO7S2. The van der Waals surface area contributed by atoms with E-state index in [1.165, 1.54) is 24.3 Å². The summed E-state index contributed by atoms with van der Waals surface area (Å²) in [5, 5.41) is 0. The summed E-state index contributed by atoms with van der Waals surface area (Å²) in [4.78, 5) is 11.7. The molecule has 8 nitrogen and oxygen atoms in total. The summed E-state index contributed by atoms with van der Waals surface area (Å²) in [7, 11) is -9.33. The molecule has 0 saturated heterocycles. The fourth-order valence-electron chi connectivity index (χ4n) is 2.90. The molecule has 1 aromatic rings. The van der Waals surface area contributed by atoms with Crippen LogP contribution < -0.4 is 4.72 Å². The molecule has 1 N–H and O–H groups in total. The molecule has 168 valence electrons. The minimum atomic E-state index is -6.06. The Balaban J connectivity index is 2.38. The van der Waals surface area contributed by atoms with Crippen LogP contribution in [-0.4, -0.2) is 34.9 Å². The Hall–Kier alpha value is -2.19. The maximum atomic E-state index is 14.5. The highest BCUT2D eigenvalue weighted by atomic mass is 32.2.